The maximum Gasteiger partial charge on any atom is 0.322 e. The van der Waals surface area contributed by atoms with E-state index in [0.717, 1.165) is 0 Å². The van der Waals surface area contributed by atoms with Crippen molar-refractivity contribution in [3.8, 4) is 0 Å². The molecule has 1 aliphatic rings. The van der Waals surface area contributed by atoms with Gasteiger partial charge in [0.2, 0.25) is 0 Å². The number of benzene rings is 1. The number of halogens is 2. The molecule has 0 saturated carbocycles. The number of aliphatic carboxylic acids is 1. The Bertz CT molecular complexity index is 553. The Hall–Kier alpha value is -1.50. The van der Waals surface area contributed by atoms with Crippen molar-refractivity contribution in [3.05, 3.63) is 28.2 Å². The van der Waals surface area contributed by atoms with Crippen LogP contribution >= 0.6 is 23.2 Å². The zero-order valence-electron chi connectivity index (χ0n) is 11.0. The van der Waals surface area contributed by atoms with Crippen molar-refractivity contribution >= 4 is 40.9 Å². The molecule has 1 aromatic rings. The summed E-state index contributed by atoms with van der Waals surface area (Å²) in [7, 11) is 0. The molecule has 1 unspecified atom stereocenters. The molecule has 0 bridgehead atoms. The number of carboxylic acid groups (broad SMARTS) is 1. The average molecular weight is 333 g/mol. The number of carbonyl (C=O) groups is 2. The normalized spacial score (nSPS) is 18.4. The van der Waals surface area contributed by atoms with E-state index in [4.69, 9.17) is 33.0 Å². The number of nitrogens with one attached hydrogen (secondary N) is 1. The van der Waals surface area contributed by atoms with Gasteiger partial charge in [0.15, 0.2) is 0 Å². The highest BCUT2D eigenvalue weighted by molar-refractivity contribution is 6.43. The second-order valence-corrected chi connectivity index (χ2v) is 5.35. The van der Waals surface area contributed by atoms with Gasteiger partial charge in [-0.1, -0.05) is 29.3 Å². The smallest absolute Gasteiger partial charge is 0.322 e. The number of carboxylic acids is 1. The lowest BCUT2D eigenvalue weighted by Gasteiger charge is -2.32. The third kappa shape index (κ3) is 4.23. The minimum Gasteiger partial charge on any atom is -0.481 e. The molecule has 2 N–H and O–H groups in total. The summed E-state index contributed by atoms with van der Waals surface area (Å²) < 4.78 is 5.31. The minimum absolute atomic E-state index is 0.137. The fraction of sp³-hybridized carbons (Fsp3) is 0.385. The molecule has 1 saturated heterocycles. The SMILES string of the molecule is O=C(O)CC1CN(C(=O)Nc2cccc(Cl)c2Cl)CCO1. The molecule has 6 nitrogen and oxygen atoms in total. The number of amides is 2. The van der Waals surface area contributed by atoms with Gasteiger partial charge in [-0.3, -0.25) is 4.79 Å². The van der Waals surface area contributed by atoms with Crippen LogP contribution in [0.15, 0.2) is 18.2 Å². The molecule has 1 heterocycles. The molecule has 2 rings (SSSR count). The predicted octanol–water partition coefficient (Wildman–Crippen LogP) is 2.70. The molecular weight excluding hydrogens is 319 g/mol. The zero-order chi connectivity index (χ0) is 15.4. The van der Waals surface area contributed by atoms with Crippen molar-refractivity contribution in [1.29, 1.82) is 0 Å². The number of hydrogen-bond acceptors (Lipinski definition) is 3. The first-order valence-electron chi connectivity index (χ1n) is 6.30. The summed E-state index contributed by atoms with van der Waals surface area (Å²) in [6.45, 7) is 0.908. The molecule has 2 amide bonds. The molecule has 0 spiro atoms. The quantitative estimate of drug-likeness (QED) is 0.891. The molecule has 8 heteroatoms. The molecule has 1 aliphatic heterocycles. The van der Waals surface area contributed by atoms with E-state index in [-0.39, 0.29) is 24.0 Å². The van der Waals surface area contributed by atoms with Crippen LogP contribution in [0.1, 0.15) is 6.42 Å². The molecule has 1 aromatic carbocycles. The Morgan fingerprint density at radius 2 is 2.19 bits per heavy atom. The van der Waals surface area contributed by atoms with Crippen molar-refractivity contribution in [2.45, 2.75) is 12.5 Å². The number of ether oxygens (including phenoxy) is 1. The van der Waals surface area contributed by atoms with E-state index in [1.165, 1.54) is 4.90 Å². The highest BCUT2D eigenvalue weighted by atomic mass is 35.5. The van der Waals surface area contributed by atoms with Gasteiger partial charge in [-0.05, 0) is 12.1 Å². The molecular formula is C13H14Cl2N2O4. The van der Waals surface area contributed by atoms with Crippen LogP contribution in [0.25, 0.3) is 0 Å². The highest BCUT2D eigenvalue weighted by Crippen LogP contribution is 2.29. The van der Waals surface area contributed by atoms with Crippen LogP contribution < -0.4 is 5.32 Å². The van der Waals surface area contributed by atoms with Gasteiger partial charge in [0.1, 0.15) is 0 Å². The van der Waals surface area contributed by atoms with Crippen LogP contribution in [0, 0.1) is 0 Å². The number of morpholine rings is 1. The van der Waals surface area contributed by atoms with Crippen LogP contribution in [0.4, 0.5) is 10.5 Å². The Labute approximate surface area is 131 Å². The van der Waals surface area contributed by atoms with Crippen LogP contribution in [0.2, 0.25) is 10.0 Å². The zero-order valence-corrected chi connectivity index (χ0v) is 12.5. The molecule has 0 aliphatic carbocycles. The van der Waals surface area contributed by atoms with Crippen LogP contribution in [0.5, 0.6) is 0 Å². The maximum absolute atomic E-state index is 12.2. The molecule has 1 fully saturated rings. The van der Waals surface area contributed by atoms with Crippen LogP contribution in [0.3, 0.4) is 0 Å². The summed E-state index contributed by atoms with van der Waals surface area (Å²) in [5.41, 5.74) is 0.412. The fourth-order valence-corrected chi connectivity index (χ4v) is 2.36. The monoisotopic (exact) mass is 332 g/mol. The van der Waals surface area contributed by atoms with Gasteiger partial charge < -0.3 is 20.1 Å². The highest BCUT2D eigenvalue weighted by Gasteiger charge is 2.26. The van der Waals surface area contributed by atoms with E-state index in [1.54, 1.807) is 18.2 Å². The van der Waals surface area contributed by atoms with E-state index < -0.39 is 12.1 Å². The van der Waals surface area contributed by atoms with Gasteiger partial charge in [-0.15, -0.1) is 0 Å². The van der Waals surface area contributed by atoms with Crippen LogP contribution in [-0.4, -0.2) is 47.8 Å². The lowest BCUT2D eigenvalue weighted by molar-refractivity contribution is -0.141. The lowest BCUT2D eigenvalue weighted by atomic mass is 10.2. The molecule has 21 heavy (non-hydrogen) atoms. The number of hydrogen-bond donors (Lipinski definition) is 2. The second kappa shape index (κ2) is 6.98. The summed E-state index contributed by atoms with van der Waals surface area (Å²) >= 11 is 11.9. The number of anilines is 1. The fourth-order valence-electron chi connectivity index (χ4n) is 2.02. The molecule has 114 valence electrons. The standard InChI is InChI=1S/C13H14Cl2N2O4/c14-9-2-1-3-10(12(9)15)16-13(20)17-4-5-21-8(7-17)6-11(18)19/h1-3,8H,4-7H2,(H,16,20)(H,18,19). The van der Waals surface area contributed by atoms with Crippen molar-refractivity contribution in [2.75, 3.05) is 25.0 Å². The van der Waals surface area contributed by atoms with Crippen molar-refractivity contribution in [2.24, 2.45) is 0 Å². The van der Waals surface area contributed by atoms with Crippen LogP contribution in [-0.2, 0) is 9.53 Å². The van der Waals surface area contributed by atoms with Gasteiger partial charge in [0, 0.05) is 13.1 Å². The van der Waals surface area contributed by atoms with Crippen molar-refractivity contribution in [1.82, 2.24) is 4.90 Å². The first-order chi connectivity index (χ1) is 9.97. The van der Waals surface area contributed by atoms with E-state index in [2.05, 4.69) is 5.32 Å². The summed E-state index contributed by atoms with van der Waals surface area (Å²) in [5.74, 6) is -0.958. The number of nitrogens with zero attached hydrogens (tertiary/aromatic N) is 1. The van der Waals surface area contributed by atoms with Gasteiger partial charge in [0.05, 0.1) is 34.9 Å². The third-order valence-electron chi connectivity index (χ3n) is 3.02. The van der Waals surface area contributed by atoms with E-state index in [0.29, 0.717) is 23.9 Å². The largest absolute Gasteiger partial charge is 0.481 e. The van der Waals surface area contributed by atoms with Gasteiger partial charge in [0.25, 0.3) is 0 Å². The number of carbonyl (C=O) groups excluding carboxylic acids is 1. The lowest BCUT2D eigenvalue weighted by Crippen LogP contribution is -2.47. The van der Waals surface area contributed by atoms with Gasteiger partial charge in [-0.25, -0.2) is 4.79 Å². The Balaban J connectivity index is 1.99. The summed E-state index contributed by atoms with van der Waals surface area (Å²) in [6.07, 6.45) is -0.640. The van der Waals surface area contributed by atoms with Crippen molar-refractivity contribution < 1.29 is 19.4 Å². The van der Waals surface area contributed by atoms with E-state index >= 15 is 0 Å². The van der Waals surface area contributed by atoms with Gasteiger partial charge in [-0.2, -0.15) is 0 Å². The van der Waals surface area contributed by atoms with Crippen molar-refractivity contribution in [3.63, 3.8) is 0 Å². The first-order valence-corrected chi connectivity index (χ1v) is 7.06. The van der Waals surface area contributed by atoms with E-state index in [9.17, 15) is 9.59 Å². The first kappa shape index (κ1) is 15.9. The van der Waals surface area contributed by atoms with Gasteiger partial charge >= 0.3 is 12.0 Å². The summed E-state index contributed by atoms with van der Waals surface area (Å²) in [5, 5.41) is 12.0. The van der Waals surface area contributed by atoms with E-state index in [1.807, 2.05) is 0 Å². The number of rotatable bonds is 3. The summed E-state index contributed by atoms with van der Waals surface area (Å²) in [6, 6.07) is 4.58. The Kier molecular flexibility index (Phi) is 5.27. The average Bonchev–Trinajstić information content (AvgIpc) is 2.43. The maximum atomic E-state index is 12.2. The molecule has 1 atom stereocenters. The Morgan fingerprint density at radius 3 is 2.90 bits per heavy atom. The molecule has 0 radical (unpaired) electrons. The minimum atomic E-state index is -0.958. The molecule has 0 aromatic heterocycles. The topological polar surface area (TPSA) is 78.9 Å². The predicted molar refractivity (Wildman–Crippen MR) is 79.0 cm³/mol. The Morgan fingerprint density at radius 1 is 1.43 bits per heavy atom. The third-order valence-corrected chi connectivity index (χ3v) is 3.84. The summed E-state index contributed by atoms with van der Waals surface area (Å²) in [4.78, 5) is 24.4. The second-order valence-electron chi connectivity index (χ2n) is 4.57. The number of urea groups is 1.